The van der Waals surface area contributed by atoms with Crippen molar-refractivity contribution in [1.82, 2.24) is 19.7 Å². The second-order valence-corrected chi connectivity index (χ2v) is 6.30. The zero-order chi connectivity index (χ0) is 19.2. The molecule has 3 heterocycles. The molecule has 0 N–H and O–H groups in total. The van der Waals surface area contributed by atoms with Gasteiger partial charge in [-0.3, -0.25) is 19.4 Å². The lowest BCUT2D eigenvalue weighted by atomic mass is 10.1. The summed E-state index contributed by atoms with van der Waals surface area (Å²) in [5.41, 5.74) is 4.27. The summed E-state index contributed by atoms with van der Waals surface area (Å²) in [6, 6.07) is 17.5. The van der Waals surface area contributed by atoms with E-state index in [2.05, 4.69) is 22.1 Å². The van der Waals surface area contributed by atoms with Gasteiger partial charge in [-0.05, 0) is 42.0 Å². The Morgan fingerprint density at radius 3 is 2.43 bits per heavy atom. The Kier molecular flexibility index (Phi) is 5.15. The predicted octanol–water partition coefficient (Wildman–Crippen LogP) is 4.28. The molecule has 0 spiro atoms. The first kappa shape index (κ1) is 17.5. The molecule has 5 nitrogen and oxygen atoms in total. The summed E-state index contributed by atoms with van der Waals surface area (Å²) in [6.07, 6.45) is 12.0. The molecule has 0 aliphatic carbocycles. The molecule has 0 aliphatic heterocycles. The summed E-state index contributed by atoms with van der Waals surface area (Å²) < 4.78 is 1.88. The number of nitrogens with zero attached hydrogens (tertiary/aromatic N) is 4. The van der Waals surface area contributed by atoms with Crippen LogP contribution < -0.4 is 0 Å². The van der Waals surface area contributed by atoms with Crippen molar-refractivity contribution >= 4 is 11.9 Å². The van der Waals surface area contributed by atoms with Crippen LogP contribution in [0.1, 0.15) is 21.5 Å². The lowest BCUT2D eigenvalue weighted by Gasteiger charge is -2.01. The fourth-order valence-electron chi connectivity index (χ4n) is 2.91. The van der Waals surface area contributed by atoms with Crippen LogP contribution >= 0.6 is 0 Å². The van der Waals surface area contributed by atoms with Crippen LogP contribution in [-0.4, -0.2) is 25.5 Å². The summed E-state index contributed by atoms with van der Waals surface area (Å²) in [6.45, 7) is 0.651. The Hall–Kier alpha value is -3.86. The smallest absolute Gasteiger partial charge is 0.187 e. The molecule has 1 aromatic carbocycles. The highest BCUT2D eigenvalue weighted by Gasteiger charge is 2.11. The highest BCUT2D eigenvalue weighted by Crippen LogP contribution is 2.23. The third-order valence-electron chi connectivity index (χ3n) is 4.27. The molecule has 0 atom stereocenters. The van der Waals surface area contributed by atoms with Crippen molar-refractivity contribution in [2.75, 3.05) is 0 Å². The number of pyridine rings is 2. The third-order valence-corrected chi connectivity index (χ3v) is 4.27. The number of allylic oxidation sites excluding steroid dienone is 1. The number of hydrogen-bond acceptors (Lipinski definition) is 4. The van der Waals surface area contributed by atoms with E-state index in [1.165, 1.54) is 0 Å². The molecule has 4 rings (SSSR count). The summed E-state index contributed by atoms with van der Waals surface area (Å²) >= 11 is 0. The normalized spacial score (nSPS) is 11.0. The zero-order valence-electron chi connectivity index (χ0n) is 15.1. The van der Waals surface area contributed by atoms with Crippen LogP contribution in [0, 0.1) is 0 Å². The Labute approximate surface area is 163 Å². The van der Waals surface area contributed by atoms with Crippen LogP contribution in [-0.2, 0) is 6.54 Å². The molecule has 0 fully saturated rings. The van der Waals surface area contributed by atoms with Gasteiger partial charge in [0.15, 0.2) is 5.78 Å². The number of carbonyl (C=O) groups is 1. The molecular weight excluding hydrogens is 348 g/mol. The first-order valence-corrected chi connectivity index (χ1v) is 8.94. The third kappa shape index (κ3) is 4.10. The maximum Gasteiger partial charge on any atom is 0.187 e. The van der Waals surface area contributed by atoms with Crippen LogP contribution in [0.15, 0.2) is 91.7 Å². The maximum absolute atomic E-state index is 12.4. The molecule has 136 valence electrons. The van der Waals surface area contributed by atoms with E-state index >= 15 is 0 Å². The second-order valence-electron chi connectivity index (χ2n) is 6.30. The lowest BCUT2D eigenvalue weighted by molar-refractivity contribution is 0.104. The van der Waals surface area contributed by atoms with E-state index in [0.29, 0.717) is 12.1 Å². The number of hydrogen-bond donors (Lipinski definition) is 0. The predicted molar refractivity (Wildman–Crippen MR) is 109 cm³/mol. The van der Waals surface area contributed by atoms with E-state index in [9.17, 15) is 4.79 Å². The summed E-state index contributed by atoms with van der Waals surface area (Å²) in [5, 5.41) is 4.73. The minimum Gasteiger partial charge on any atom is -0.289 e. The van der Waals surface area contributed by atoms with Crippen LogP contribution in [0.2, 0.25) is 0 Å². The Balaban J connectivity index is 1.66. The average molecular weight is 366 g/mol. The van der Waals surface area contributed by atoms with Gasteiger partial charge in [0, 0.05) is 47.7 Å². The van der Waals surface area contributed by atoms with Gasteiger partial charge in [-0.2, -0.15) is 5.10 Å². The van der Waals surface area contributed by atoms with E-state index < -0.39 is 0 Å². The standard InChI is InChI=1S/C23H18N4O/c28-22(19-8-4-12-24-14-19)11-10-21-17-27(16-18-6-2-1-3-7-18)26-23(21)20-9-5-13-25-15-20/h1-15,17H,16H2/b11-10+. The summed E-state index contributed by atoms with van der Waals surface area (Å²) in [4.78, 5) is 20.6. The van der Waals surface area contributed by atoms with E-state index in [0.717, 1.165) is 22.4 Å². The molecular formula is C23H18N4O. The Bertz CT molecular complexity index is 1090. The largest absolute Gasteiger partial charge is 0.289 e. The van der Waals surface area contributed by atoms with Crippen molar-refractivity contribution in [3.63, 3.8) is 0 Å². The highest BCUT2D eigenvalue weighted by atomic mass is 16.1. The van der Waals surface area contributed by atoms with Crippen molar-refractivity contribution in [2.24, 2.45) is 0 Å². The van der Waals surface area contributed by atoms with Gasteiger partial charge in [-0.1, -0.05) is 30.3 Å². The van der Waals surface area contributed by atoms with Crippen molar-refractivity contribution in [2.45, 2.75) is 6.54 Å². The van der Waals surface area contributed by atoms with E-state index in [4.69, 9.17) is 5.10 Å². The van der Waals surface area contributed by atoms with Crippen molar-refractivity contribution in [3.05, 3.63) is 108 Å². The molecule has 0 radical (unpaired) electrons. The monoisotopic (exact) mass is 366 g/mol. The molecule has 4 aromatic rings. The first-order valence-electron chi connectivity index (χ1n) is 8.94. The molecule has 0 unspecified atom stereocenters. The zero-order valence-corrected chi connectivity index (χ0v) is 15.1. The first-order chi connectivity index (χ1) is 13.8. The maximum atomic E-state index is 12.4. The van der Waals surface area contributed by atoms with Crippen LogP contribution in [0.5, 0.6) is 0 Å². The molecule has 0 bridgehead atoms. The fraction of sp³-hybridized carbons (Fsp3) is 0.0435. The highest BCUT2D eigenvalue weighted by molar-refractivity contribution is 6.06. The van der Waals surface area contributed by atoms with Gasteiger partial charge >= 0.3 is 0 Å². The van der Waals surface area contributed by atoms with E-state index in [1.807, 2.05) is 41.2 Å². The molecule has 0 saturated heterocycles. The molecule has 0 aliphatic rings. The van der Waals surface area contributed by atoms with Crippen LogP contribution in [0.25, 0.3) is 17.3 Å². The summed E-state index contributed by atoms with van der Waals surface area (Å²) in [5.74, 6) is -0.0963. The van der Waals surface area contributed by atoms with E-state index in [1.54, 1.807) is 49.1 Å². The Morgan fingerprint density at radius 1 is 0.929 bits per heavy atom. The van der Waals surface area contributed by atoms with Crippen LogP contribution in [0.4, 0.5) is 0 Å². The molecule has 0 saturated carbocycles. The van der Waals surface area contributed by atoms with Gasteiger partial charge < -0.3 is 0 Å². The number of aromatic nitrogens is 4. The van der Waals surface area contributed by atoms with Crippen LogP contribution in [0.3, 0.4) is 0 Å². The fourth-order valence-corrected chi connectivity index (χ4v) is 2.91. The summed E-state index contributed by atoms with van der Waals surface area (Å²) in [7, 11) is 0. The number of carbonyl (C=O) groups excluding carboxylic acids is 1. The van der Waals surface area contributed by atoms with Crippen molar-refractivity contribution in [3.8, 4) is 11.3 Å². The molecule has 28 heavy (non-hydrogen) atoms. The van der Waals surface area contributed by atoms with Gasteiger partial charge in [0.05, 0.1) is 6.54 Å². The van der Waals surface area contributed by atoms with E-state index in [-0.39, 0.29) is 5.78 Å². The minimum absolute atomic E-state index is 0.0963. The number of ketones is 1. The topological polar surface area (TPSA) is 60.7 Å². The van der Waals surface area contributed by atoms with Gasteiger partial charge in [0.2, 0.25) is 0 Å². The van der Waals surface area contributed by atoms with Gasteiger partial charge in [0.25, 0.3) is 0 Å². The molecule has 5 heteroatoms. The van der Waals surface area contributed by atoms with Gasteiger partial charge in [0.1, 0.15) is 5.69 Å². The SMILES string of the molecule is O=C(/C=C/c1cn(Cc2ccccc2)nc1-c1cccnc1)c1cccnc1. The van der Waals surface area contributed by atoms with Crippen molar-refractivity contribution in [1.29, 1.82) is 0 Å². The Morgan fingerprint density at radius 2 is 1.71 bits per heavy atom. The van der Waals surface area contributed by atoms with Gasteiger partial charge in [-0.25, -0.2) is 0 Å². The average Bonchev–Trinajstić information content (AvgIpc) is 3.16. The lowest BCUT2D eigenvalue weighted by Crippen LogP contribution is -2.00. The number of benzene rings is 1. The quantitative estimate of drug-likeness (QED) is 0.377. The second kappa shape index (κ2) is 8.22. The molecule has 3 aromatic heterocycles. The number of rotatable bonds is 6. The van der Waals surface area contributed by atoms with Gasteiger partial charge in [-0.15, -0.1) is 0 Å². The van der Waals surface area contributed by atoms with Crippen molar-refractivity contribution < 1.29 is 4.79 Å². The molecule has 0 amide bonds. The minimum atomic E-state index is -0.0963.